The fraction of sp³-hybridized carbons (Fsp3) is 0.615. The van der Waals surface area contributed by atoms with Gasteiger partial charge in [-0.2, -0.15) is 0 Å². The van der Waals surface area contributed by atoms with Crippen LogP contribution in [-0.2, 0) is 13.6 Å². The minimum atomic E-state index is -0.292. The zero-order valence-electron chi connectivity index (χ0n) is 11.5. The lowest BCUT2D eigenvalue weighted by atomic mass is 10.1. The van der Waals surface area contributed by atoms with Gasteiger partial charge in [0.1, 0.15) is 5.52 Å². The van der Waals surface area contributed by atoms with Crippen LogP contribution < -0.4 is 11.2 Å². The molecule has 104 valence electrons. The smallest absolute Gasteiger partial charge is 0.332 e. The van der Waals surface area contributed by atoms with Crippen molar-refractivity contribution in [3.63, 3.8) is 0 Å². The summed E-state index contributed by atoms with van der Waals surface area (Å²) >= 11 is 0. The Morgan fingerprint density at radius 2 is 1.95 bits per heavy atom. The van der Waals surface area contributed by atoms with Crippen molar-refractivity contribution >= 4 is 11.2 Å². The second-order valence-electron chi connectivity index (χ2n) is 4.81. The van der Waals surface area contributed by atoms with E-state index in [1.54, 1.807) is 7.05 Å². The lowest BCUT2D eigenvalue weighted by Crippen LogP contribution is -2.39. The topological polar surface area (TPSA) is 72.7 Å². The Morgan fingerprint density at radius 3 is 2.68 bits per heavy atom. The number of aryl methyl sites for hydroxylation is 1. The van der Waals surface area contributed by atoms with Gasteiger partial charge in [0, 0.05) is 13.6 Å². The van der Waals surface area contributed by atoms with Gasteiger partial charge in [0.2, 0.25) is 0 Å². The predicted molar refractivity (Wildman–Crippen MR) is 74.4 cm³/mol. The number of aromatic amines is 1. The van der Waals surface area contributed by atoms with Crippen LogP contribution in [0.4, 0.5) is 0 Å². The minimum Gasteiger partial charge on any atom is -0.339 e. The van der Waals surface area contributed by atoms with E-state index in [2.05, 4.69) is 16.9 Å². The van der Waals surface area contributed by atoms with Gasteiger partial charge in [0.15, 0.2) is 5.65 Å². The number of nitrogens with zero attached hydrogens (tertiary/aromatic N) is 3. The molecule has 0 atom stereocenters. The summed E-state index contributed by atoms with van der Waals surface area (Å²) in [5.74, 6) is 0. The molecular formula is C13H20N4O2. The normalized spacial score (nSPS) is 11.3. The van der Waals surface area contributed by atoms with Gasteiger partial charge in [0.05, 0.1) is 6.33 Å². The highest BCUT2D eigenvalue weighted by molar-refractivity contribution is 5.68. The predicted octanol–water partition coefficient (Wildman–Crippen LogP) is 1.39. The van der Waals surface area contributed by atoms with Gasteiger partial charge in [-0.15, -0.1) is 0 Å². The van der Waals surface area contributed by atoms with E-state index in [1.807, 2.05) is 0 Å². The van der Waals surface area contributed by atoms with E-state index in [0.29, 0.717) is 17.7 Å². The molecule has 0 bridgehead atoms. The first-order valence-electron chi connectivity index (χ1n) is 6.79. The molecule has 0 aliphatic heterocycles. The maximum absolute atomic E-state index is 12.2. The Kier molecular flexibility index (Phi) is 4.19. The number of hydrogen-bond acceptors (Lipinski definition) is 3. The monoisotopic (exact) mass is 264 g/mol. The Labute approximate surface area is 111 Å². The standard InChI is InChI=1S/C13H20N4O2/c1-3-4-5-6-7-8-17-12(18)10-11(15-9-14-10)16(2)13(17)19/h9H,3-8H2,1-2H3,(H,14,15). The second kappa shape index (κ2) is 5.86. The van der Waals surface area contributed by atoms with Crippen LogP contribution in [0.5, 0.6) is 0 Å². The Hall–Kier alpha value is -1.85. The Morgan fingerprint density at radius 1 is 1.21 bits per heavy atom. The molecule has 0 fully saturated rings. The van der Waals surface area contributed by atoms with Crippen LogP contribution in [0.3, 0.4) is 0 Å². The average Bonchev–Trinajstić information content (AvgIpc) is 2.89. The lowest BCUT2D eigenvalue weighted by Gasteiger charge is -2.07. The number of H-pyrrole nitrogens is 1. The molecule has 0 radical (unpaired) electrons. The molecule has 2 aromatic heterocycles. The van der Waals surface area contributed by atoms with E-state index < -0.39 is 0 Å². The van der Waals surface area contributed by atoms with Crippen LogP contribution >= 0.6 is 0 Å². The molecule has 0 saturated heterocycles. The lowest BCUT2D eigenvalue weighted by molar-refractivity contribution is 0.532. The molecule has 19 heavy (non-hydrogen) atoms. The third-order valence-corrected chi connectivity index (χ3v) is 3.40. The number of nitrogens with one attached hydrogen (secondary N) is 1. The highest BCUT2D eigenvalue weighted by atomic mass is 16.2. The van der Waals surface area contributed by atoms with E-state index in [4.69, 9.17) is 0 Å². The first-order valence-corrected chi connectivity index (χ1v) is 6.79. The third kappa shape index (κ3) is 2.62. The molecule has 0 saturated carbocycles. The number of imidazole rings is 1. The van der Waals surface area contributed by atoms with Gasteiger partial charge in [-0.1, -0.05) is 32.6 Å². The molecular weight excluding hydrogens is 244 g/mol. The van der Waals surface area contributed by atoms with Crippen molar-refractivity contribution in [3.05, 3.63) is 27.2 Å². The van der Waals surface area contributed by atoms with Gasteiger partial charge in [-0.05, 0) is 6.42 Å². The molecule has 0 spiro atoms. The van der Waals surface area contributed by atoms with Crippen molar-refractivity contribution in [1.82, 2.24) is 19.1 Å². The highest BCUT2D eigenvalue weighted by Crippen LogP contribution is 2.04. The van der Waals surface area contributed by atoms with Gasteiger partial charge in [-0.3, -0.25) is 13.9 Å². The van der Waals surface area contributed by atoms with Crippen molar-refractivity contribution < 1.29 is 0 Å². The van der Waals surface area contributed by atoms with E-state index in [1.165, 1.54) is 28.3 Å². The first-order chi connectivity index (χ1) is 9.16. The van der Waals surface area contributed by atoms with E-state index in [-0.39, 0.29) is 11.2 Å². The first kappa shape index (κ1) is 13.6. The van der Waals surface area contributed by atoms with Gasteiger partial charge in [0.25, 0.3) is 5.56 Å². The molecule has 0 aliphatic carbocycles. The number of fused-ring (bicyclic) bond motifs is 1. The van der Waals surface area contributed by atoms with Crippen molar-refractivity contribution in [2.24, 2.45) is 7.05 Å². The molecule has 2 rings (SSSR count). The Bertz CT molecular complexity index is 665. The van der Waals surface area contributed by atoms with Gasteiger partial charge in [-0.25, -0.2) is 9.78 Å². The zero-order valence-corrected chi connectivity index (χ0v) is 11.5. The molecule has 6 nitrogen and oxygen atoms in total. The summed E-state index contributed by atoms with van der Waals surface area (Å²) in [6.07, 6.45) is 6.88. The maximum Gasteiger partial charge on any atom is 0.332 e. The minimum absolute atomic E-state index is 0.272. The van der Waals surface area contributed by atoms with Crippen LogP contribution in [0.2, 0.25) is 0 Å². The molecule has 0 amide bonds. The quantitative estimate of drug-likeness (QED) is 0.801. The summed E-state index contributed by atoms with van der Waals surface area (Å²) in [5, 5.41) is 0. The average molecular weight is 264 g/mol. The number of aromatic nitrogens is 4. The van der Waals surface area contributed by atoms with Crippen molar-refractivity contribution in [2.75, 3.05) is 0 Å². The Balaban J connectivity index is 2.23. The fourth-order valence-corrected chi connectivity index (χ4v) is 2.26. The van der Waals surface area contributed by atoms with Crippen LogP contribution in [0.15, 0.2) is 15.9 Å². The molecule has 2 heterocycles. The molecule has 6 heteroatoms. The second-order valence-corrected chi connectivity index (χ2v) is 4.81. The maximum atomic E-state index is 12.2. The molecule has 0 unspecified atom stereocenters. The zero-order chi connectivity index (χ0) is 13.8. The summed E-state index contributed by atoms with van der Waals surface area (Å²) in [7, 11) is 1.64. The van der Waals surface area contributed by atoms with Crippen LogP contribution in [0, 0.1) is 0 Å². The summed E-state index contributed by atoms with van der Waals surface area (Å²) < 4.78 is 2.71. The van der Waals surface area contributed by atoms with Gasteiger partial charge < -0.3 is 4.98 Å². The van der Waals surface area contributed by atoms with E-state index in [0.717, 1.165) is 19.3 Å². The van der Waals surface area contributed by atoms with Crippen LogP contribution in [0.1, 0.15) is 39.0 Å². The molecule has 2 aromatic rings. The summed E-state index contributed by atoms with van der Waals surface area (Å²) in [6.45, 7) is 2.64. The fourth-order valence-electron chi connectivity index (χ4n) is 2.26. The molecule has 0 aromatic carbocycles. The summed E-state index contributed by atoms with van der Waals surface area (Å²) in [6, 6.07) is 0. The number of hydrogen-bond donors (Lipinski definition) is 1. The third-order valence-electron chi connectivity index (χ3n) is 3.40. The SMILES string of the molecule is CCCCCCCn1c(=O)c2[nH]cnc2n(C)c1=O. The summed E-state index contributed by atoms with van der Waals surface area (Å²) in [5.41, 5.74) is 0.249. The van der Waals surface area contributed by atoms with Crippen molar-refractivity contribution in [1.29, 1.82) is 0 Å². The highest BCUT2D eigenvalue weighted by Gasteiger charge is 2.12. The summed E-state index contributed by atoms with van der Waals surface area (Å²) in [4.78, 5) is 31.1. The molecule has 0 aliphatic rings. The van der Waals surface area contributed by atoms with Crippen molar-refractivity contribution in [3.8, 4) is 0 Å². The van der Waals surface area contributed by atoms with Crippen molar-refractivity contribution in [2.45, 2.75) is 45.6 Å². The largest absolute Gasteiger partial charge is 0.339 e. The number of unbranched alkanes of at least 4 members (excludes halogenated alkanes) is 4. The van der Waals surface area contributed by atoms with Gasteiger partial charge >= 0.3 is 5.69 Å². The van der Waals surface area contributed by atoms with E-state index in [9.17, 15) is 9.59 Å². The van der Waals surface area contributed by atoms with Crippen LogP contribution in [0.25, 0.3) is 11.2 Å². The van der Waals surface area contributed by atoms with E-state index >= 15 is 0 Å². The molecule has 1 N–H and O–H groups in total. The number of rotatable bonds is 6. The van der Waals surface area contributed by atoms with Crippen LogP contribution in [-0.4, -0.2) is 19.1 Å².